The largest absolute Gasteiger partial charge is 0.299 e. The minimum Gasteiger partial charge on any atom is -0.299 e. The number of hydrogen-bond donors (Lipinski definition) is 0. The molecule has 2 aliphatic carbocycles. The quantitative estimate of drug-likeness (QED) is 0.259. The fourth-order valence-corrected chi connectivity index (χ4v) is 6.08. The summed E-state index contributed by atoms with van der Waals surface area (Å²) in [4.78, 5) is 4.72. The Morgan fingerprint density at radius 3 is 2.32 bits per heavy atom. The van der Waals surface area contributed by atoms with Crippen molar-refractivity contribution in [3.05, 3.63) is 107 Å². The number of pyridine rings is 1. The Balaban J connectivity index is 1.47. The highest BCUT2D eigenvalue weighted by molar-refractivity contribution is 6.15. The van der Waals surface area contributed by atoms with E-state index in [1.54, 1.807) is 0 Å². The molecular weight excluding hydrogens is 376 g/mol. The van der Waals surface area contributed by atoms with E-state index in [4.69, 9.17) is 4.98 Å². The molecule has 0 aliphatic heterocycles. The van der Waals surface area contributed by atoms with Crippen LogP contribution in [0.5, 0.6) is 0 Å². The molecule has 8 rings (SSSR count). The minimum atomic E-state index is 1.00. The highest BCUT2D eigenvalue weighted by atomic mass is 15.0. The van der Waals surface area contributed by atoms with Crippen LogP contribution in [0.2, 0.25) is 0 Å². The average Bonchev–Trinajstić information content (AvgIpc) is 3.53. The normalized spacial score (nSPS) is 13.5. The van der Waals surface area contributed by atoms with Crippen molar-refractivity contribution in [3.63, 3.8) is 0 Å². The van der Waals surface area contributed by atoms with E-state index in [-0.39, 0.29) is 0 Å². The first-order valence-corrected chi connectivity index (χ1v) is 10.9. The first kappa shape index (κ1) is 15.9. The van der Waals surface area contributed by atoms with Crippen molar-refractivity contribution in [2.24, 2.45) is 0 Å². The van der Waals surface area contributed by atoms with Crippen molar-refractivity contribution in [2.75, 3.05) is 0 Å². The Morgan fingerprint density at radius 1 is 0.613 bits per heavy atom. The predicted molar refractivity (Wildman–Crippen MR) is 127 cm³/mol. The molecule has 2 heterocycles. The van der Waals surface area contributed by atoms with Crippen LogP contribution in [0.3, 0.4) is 0 Å². The first-order valence-electron chi connectivity index (χ1n) is 10.9. The zero-order valence-electron chi connectivity index (χ0n) is 16.9. The molecule has 2 heteroatoms. The number of rotatable bonds is 0. The molecule has 144 valence electrons. The molecule has 0 radical (unpaired) electrons. The van der Waals surface area contributed by atoms with E-state index in [0.717, 1.165) is 18.5 Å². The van der Waals surface area contributed by atoms with Crippen LogP contribution in [-0.4, -0.2) is 9.38 Å². The summed E-state index contributed by atoms with van der Waals surface area (Å²) in [5.41, 5.74) is 13.9. The summed E-state index contributed by atoms with van der Waals surface area (Å²) in [7, 11) is 0. The van der Waals surface area contributed by atoms with E-state index in [1.807, 2.05) is 6.20 Å². The monoisotopic (exact) mass is 394 g/mol. The average molecular weight is 394 g/mol. The van der Waals surface area contributed by atoms with Gasteiger partial charge in [0.15, 0.2) is 0 Å². The number of benzene rings is 4. The summed E-state index contributed by atoms with van der Waals surface area (Å²) in [5, 5.41) is 3.93. The summed E-state index contributed by atoms with van der Waals surface area (Å²) in [5.74, 6) is 0. The number of nitrogens with zero attached hydrogens (tertiary/aromatic N) is 2. The molecule has 31 heavy (non-hydrogen) atoms. The van der Waals surface area contributed by atoms with Gasteiger partial charge in [-0.2, -0.15) is 0 Å². The van der Waals surface area contributed by atoms with Crippen LogP contribution >= 0.6 is 0 Å². The molecule has 2 aromatic heterocycles. The van der Waals surface area contributed by atoms with E-state index >= 15 is 0 Å². The Hall–Kier alpha value is -3.91. The lowest BCUT2D eigenvalue weighted by Gasteiger charge is -2.12. The smallest absolute Gasteiger partial charge is 0.145 e. The molecule has 0 N–H and O–H groups in total. The molecule has 6 aromatic rings. The standard InChI is InChI=1S/C29H18N2/c1-2-6-18-17(5-1)15-24-19(18)9-10-20-21-11-12-23-28(26(21)16-25(20)24)22-7-3-4-8-27(22)31-14-13-30-29(23)31/h1-14H,15-16H2. The molecule has 0 fully saturated rings. The molecule has 2 aliphatic rings. The molecule has 0 bridgehead atoms. The van der Waals surface area contributed by atoms with E-state index in [2.05, 4.69) is 83.4 Å². The maximum Gasteiger partial charge on any atom is 0.145 e. The van der Waals surface area contributed by atoms with Crippen LogP contribution in [0.15, 0.2) is 85.2 Å². The maximum absolute atomic E-state index is 4.72. The van der Waals surface area contributed by atoms with Gasteiger partial charge in [-0.05, 0) is 74.9 Å². The Bertz CT molecular complexity index is 1740. The zero-order valence-corrected chi connectivity index (χ0v) is 16.9. The van der Waals surface area contributed by atoms with Gasteiger partial charge in [0.2, 0.25) is 0 Å². The molecule has 0 spiro atoms. The van der Waals surface area contributed by atoms with E-state index in [9.17, 15) is 0 Å². The second kappa shape index (κ2) is 5.41. The van der Waals surface area contributed by atoms with Gasteiger partial charge in [0, 0.05) is 23.2 Å². The van der Waals surface area contributed by atoms with Gasteiger partial charge in [0.1, 0.15) is 5.65 Å². The fourth-order valence-electron chi connectivity index (χ4n) is 6.08. The van der Waals surface area contributed by atoms with Gasteiger partial charge in [0.25, 0.3) is 0 Å². The highest BCUT2D eigenvalue weighted by Crippen LogP contribution is 2.49. The second-order valence-corrected chi connectivity index (χ2v) is 8.78. The Labute approximate surface area is 179 Å². The summed E-state index contributed by atoms with van der Waals surface area (Å²) in [6, 6.07) is 26.9. The molecule has 4 aromatic carbocycles. The van der Waals surface area contributed by atoms with Crippen LogP contribution in [-0.2, 0) is 12.8 Å². The van der Waals surface area contributed by atoms with Gasteiger partial charge >= 0.3 is 0 Å². The number of fused-ring (bicyclic) bond motifs is 14. The van der Waals surface area contributed by atoms with Crippen molar-refractivity contribution >= 4 is 27.3 Å². The first-order chi connectivity index (χ1) is 15.4. The molecule has 0 saturated heterocycles. The number of hydrogen-bond acceptors (Lipinski definition) is 1. The van der Waals surface area contributed by atoms with Gasteiger partial charge < -0.3 is 0 Å². The topological polar surface area (TPSA) is 17.3 Å². The number of imidazole rings is 1. The third-order valence-electron chi connectivity index (χ3n) is 7.38. The highest BCUT2D eigenvalue weighted by Gasteiger charge is 2.29. The molecule has 0 atom stereocenters. The zero-order chi connectivity index (χ0) is 20.1. The molecular formula is C29H18N2. The van der Waals surface area contributed by atoms with E-state index in [0.29, 0.717) is 0 Å². The van der Waals surface area contributed by atoms with Gasteiger partial charge in [0.05, 0.1) is 5.52 Å². The third-order valence-corrected chi connectivity index (χ3v) is 7.38. The molecule has 2 nitrogen and oxygen atoms in total. The molecule has 0 unspecified atom stereocenters. The van der Waals surface area contributed by atoms with E-state index < -0.39 is 0 Å². The SMILES string of the molecule is c1ccc2c(c1)Cc1c-2ccc2c1Cc1c-2ccc2c1c1ccccc1n1ccnc21. The van der Waals surface area contributed by atoms with Gasteiger partial charge in [-0.3, -0.25) is 4.40 Å². The van der Waals surface area contributed by atoms with Crippen LogP contribution in [0.4, 0.5) is 0 Å². The summed E-state index contributed by atoms with van der Waals surface area (Å²) < 4.78 is 2.22. The van der Waals surface area contributed by atoms with Gasteiger partial charge in [-0.1, -0.05) is 60.7 Å². The lowest BCUT2D eigenvalue weighted by atomic mass is 9.96. The molecule has 0 saturated carbocycles. The number of aromatic nitrogens is 2. The minimum absolute atomic E-state index is 1.00. The van der Waals surface area contributed by atoms with Crippen molar-refractivity contribution in [1.82, 2.24) is 9.38 Å². The van der Waals surface area contributed by atoms with Gasteiger partial charge in [-0.25, -0.2) is 4.98 Å². The van der Waals surface area contributed by atoms with Crippen LogP contribution in [0.25, 0.3) is 49.6 Å². The Kier molecular flexibility index (Phi) is 2.77. The van der Waals surface area contributed by atoms with E-state index in [1.165, 1.54) is 66.2 Å². The lowest BCUT2D eigenvalue weighted by Crippen LogP contribution is -1.94. The predicted octanol–water partition coefficient (Wildman–Crippen LogP) is 6.78. The second-order valence-electron chi connectivity index (χ2n) is 8.78. The van der Waals surface area contributed by atoms with Crippen LogP contribution in [0.1, 0.15) is 22.3 Å². The van der Waals surface area contributed by atoms with Crippen molar-refractivity contribution in [3.8, 4) is 22.3 Å². The summed E-state index contributed by atoms with van der Waals surface area (Å²) in [6.45, 7) is 0. The van der Waals surface area contributed by atoms with Gasteiger partial charge in [-0.15, -0.1) is 0 Å². The Morgan fingerprint density at radius 2 is 1.35 bits per heavy atom. The van der Waals surface area contributed by atoms with Crippen molar-refractivity contribution in [2.45, 2.75) is 12.8 Å². The molecule has 0 amide bonds. The number of para-hydroxylation sites is 1. The third kappa shape index (κ3) is 1.87. The van der Waals surface area contributed by atoms with Crippen molar-refractivity contribution < 1.29 is 0 Å². The lowest BCUT2D eigenvalue weighted by molar-refractivity contribution is 1.17. The fraction of sp³-hybridized carbons (Fsp3) is 0.0690. The van der Waals surface area contributed by atoms with Crippen LogP contribution < -0.4 is 0 Å². The summed E-state index contributed by atoms with van der Waals surface area (Å²) in [6.07, 6.45) is 6.03. The summed E-state index contributed by atoms with van der Waals surface area (Å²) >= 11 is 0. The maximum atomic E-state index is 4.72. The van der Waals surface area contributed by atoms with Crippen molar-refractivity contribution in [1.29, 1.82) is 0 Å². The van der Waals surface area contributed by atoms with Crippen LogP contribution in [0, 0.1) is 0 Å².